The maximum Gasteiger partial charge on any atom is 0.357 e. The lowest BCUT2D eigenvalue weighted by molar-refractivity contribution is 0.0518. The summed E-state index contributed by atoms with van der Waals surface area (Å²) >= 11 is 1.44. The predicted molar refractivity (Wildman–Crippen MR) is 62.7 cm³/mol. The van der Waals surface area contributed by atoms with Crippen LogP contribution in [0, 0.1) is 0 Å². The molecule has 0 aliphatic carbocycles. The second-order valence-corrected chi connectivity index (χ2v) is 4.19. The molecule has 0 saturated carbocycles. The average molecular weight is 243 g/mol. The minimum absolute atomic E-state index is 0.0156. The molecule has 1 rings (SSSR count). The molecular weight excluding hydrogens is 226 g/mol. The topological polar surface area (TPSA) is 48.4 Å². The monoisotopic (exact) mass is 243 g/mol. The second kappa shape index (κ2) is 6.60. The summed E-state index contributed by atoms with van der Waals surface area (Å²) in [5.74, 6) is -0.364. The standard InChI is InChI=1S/C11H17NO3S/c1-4-6-9(14-3)10-12-8(7-16-10)11(13)15-5-2/h7,9H,4-6H2,1-3H3. The van der Waals surface area contributed by atoms with Gasteiger partial charge in [0.2, 0.25) is 0 Å². The van der Waals surface area contributed by atoms with E-state index < -0.39 is 0 Å². The molecule has 5 heteroatoms. The number of nitrogens with zero attached hydrogens (tertiary/aromatic N) is 1. The van der Waals surface area contributed by atoms with Gasteiger partial charge in [-0.15, -0.1) is 11.3 Å². The highest BCUT2D eigenvalue weighted by atomic mass is 32.1. The van der Waals surface area contributed by atoms with Crippen LogP contribution in [0.25, 0.3) is 0 Å². The number of thiazole rings is 1. The van der Waals surface area contributed by atoms with Gasteiger partial charge in [-0.3, -0.25) is 0 Å². The largest absolute Gasteiger partial charge is 0.461 e. The van der Waals surface area contributed by atoms with Crippen molar-refractivity contribution in [2.24, 2.45) is 0 Å². The SMILES string of the molecule is CCCC(OC)c1nc(C(=O)OCC)cs1. The Morgan fingerprint density at radius 2 is 2.31 bits per heavy atom. The van der Waals surface area contributed by atoms with Crippen LogP contribution in [-0.4, -0.2) is 24.7 Å². The van der Waals surface area contributed by atoms with Crippen molar-refractivity contribution in [2.75, 3.05) is 13.7 Å². The Bertz CT molecular complexity index is 338. The Labute approximate surface area is 99.6 Å². The Morgan fingerprint density at radius 3 is 2.88 bits per heavy atom. The molecule has 0 fully saturated rings. The molecule has 1 aromatic heterocycles. The lowest BCUT2D eigenvalue weighted by Gasteiger charge is -2.10. The highest BCUT2D eigenvalue weighted by Gasteiger charge is 2.17. The molecule has 16 heavy (non-hydrogen) atoms. The first-order valence-corrected chi connectivity index (χ1v) is 6.26. The molecule has 0 spiro atoms. The molecular formula is C11H17NO3S. The first-order chi connectivity index (χ1) is 7.72. The Hall–Kier alpha value is -0.940. The number of aromatic nitrogens is 1. The van der Waals surface area contributed by atoms with Crippen molar-refractivity contribution >= 4 is 17.3 Å². The minimum atomic E-state index is -0.364. The normalized spacial score (nSPS) is 12.4. The van der Waals surface area contributed by atoms with E-state index in [-0.39, 0.29) is 12.1 Å². The van der Waals surface area contributed by atoms with Crippen LogP contribution in [0.2, 0.25) is 0 Å². The highest BCUT2D eigenvalue weighted by molar-refractivity contribution is 7.09. The van der Waals surface area contributed by atoms with Gasteiger partial charge in [-0.25, -0.2) is 9.78 Å². The molecule has 1 unspecified atom stereocenters. The predicted octanol–water partition coefficient (Wildman–Crippen LogP) is 2.81. The summed E-state index contributed by atoms with van der Waals surface area (Å²) in [7, 11) is 1.66. The number of ether oxygens (including phenoxy) is 2. The van der Waals surface area contributed by atoms with Gasteiger partial charge in [0.15, 0.2) is 5.69 Å². The summed E-state index contributed by atoms with van der Waals surface area (Å²) in [6, 6.07) is 0. The van der Waals surface area contributed by atoms with Gasteiger partial charge in [0.05, 0.1) is 6.61 Å². The van der Waals surface area contributed by atoms with E-state index in [9.17, 15) is 4.79 Å². The number of hydrogen-bond donors (Lipinski definition) is 0. The van der Waals surface area contributed by atoms with Crippen molar-refractivity contribution in [1.82, 2.24) is 4.98 Å². The number of hydrogen-bond acceptors (Lipinski definition) is 5. The molecule has 1 atom stereocenters. The van der Waals surface area contributed by atoms with Gasteiger partial charge in [0.1, 0.15) is 11.1 Å². The molecule has 90 valence electrons. The molecule has 0 amide bonds. The van der Waals surface area contributed by atoms with E-state index in [2.05, 4.69) is 11.9 Å². The van der Waals surface area contributed by atoms with E-state index in [4.69, 9.17) is 9.47 Å². The third-order valence-electron chi connectivity index (χ3n) is 2.12. The van der Waals surface area contributed by atoms with Gasteiger partial charge in [-0.1, -0.05) is 13.3 Å². The molecule has 1 aromatic rings. The van der Waals surface area contributed by atoms with Crippen molar-refractivity contribution in [1.29, 1.82) is 0 Å². The van der Waals surface area contributed by atoms with E-state index in [0.29, 0.717) is 12.3 Å². The average Bonchev–Trinajstić information content (AvgIpc) is 2.75. The Morgan fingerprint density at radius 1 is 1.56 bits per heavy atom. The van der Waals surface area contributed by atoms with Crippen molar-refractivity contribution in [3.8, 4) is 0 Å². The number of rotatable bonds is 6. The second-order valence-electron chi connectivity index (χ2n) is 3.30. The van der Waals surface area contributed by atoms with E-state index in [1.807, 2.05) is 0 Å². The molecule has 1 heterocycles. The van der Waals surface area contributed by atoms with E-state index in [0.717, 1.165) is 17.8 Å². The third kappa shape index (κ3) is 3.28. The Balaban J connectivity index is 2.72. The highest BCUT2D eigenvalue weighted by Crippen LogP contribution is 2.25. The van der Waals surface area contributed by atoms with Gasteiger partial charge in [0, 0.05) is 12.5 Å². The van der Waals surface area contributed by atoms with Gasteiger partial charge in [0.25, 0.3) is 0 Å². The zero-order chi connectivity index (χ0) is 12.0. The molecule has 0 aromatic carbocycles. The van der Waals surface area contributed by atoms with E-state index in [1.165, 1.54) is 11.3 Å². The molecule has 0 aliphatic rings. The first kappa shape index (κ1) is 13.1. The molecule has 0 saturated heterocycles. The lowest BCUT2D eigenvalue weighted by atomic mass is 10.2. The van der Waals surface area contributed by atoms with Crippen molar-refractivity contribution < 1.29 is 14.3 Å². The molecule has 0 bridgehead atoms. The Kier molecular flexibility index (Phi) is 5.42. The maximum absolute atomic E-state index is 11.4. The smallest absolute Gasteiger partial charge is 0.357 e. The van der Waals surface area contributed by atoms with Crippen LogP contribution >= 0.6 is 11.3 Å². The van der Waals surface area contributed by atoms with E-state index in [1.54, 1.807) is 19.4 Å². The molecule has 4 nitrogen and oxygen atoms in total. The summed E-state index contributed by atoms with van der Waals surface area (Å²) in [6.07, 6.45) is 1.91. The lowest BCUT2D eigenvalue weighted by Crippen LogP contribution is -2.06. The zero-order valence-electron chi connectivity index (χ0n) is 9.86. The van der Waals surface area contributed by atoms with Crippen LogP contribution in [0.4, 0.5) is 0 Å². The summed E-state index contributed by atoms with van der Waals surface area (Å²) in [5.41, 5.74) is 0.375. The van der Waals surface area contributed by atoms with Crippen LogP contribution in [0.15, 0.2) is 5.38 Å². The zero-order valence-corrected chi connectivity index (χ0v) is 10.7. The van der Waals surface area contributed by atoms with Gasteiger partial charge < -0.3 is 9.47 Å². The fraction of sp³-hybridized carbons (Fsp3) is 0.636. The fourth-order valence-electron chi connectivity index (χ4n) is 1.34. The number of methoxy groups -OCH3 is 1. The number of carbonyl (C=O) groups excluding carboxylic acids is 1. The summed E-state index contributed by atoms with van der Waals surface area (Å²) < 4.78 is 10.2. The quantitative estimate of drug-likeness (QED) is 0.721. The number of esters is 1. The minimum Gasteiger partial charge on any atom is -0.461 e. The summed E-state index contributed by atoms with van der Waals surface area (Å²) in [6.45, 7) is 4.24. The van der Waals surface area contributed by atoms with Gasteiger partial charge in [-0.05, 0) is 13.3 Å². The number of carbonyl (C=O) groups is 1. The van der Waals surface area contributed by atoms with Crippen LogP contribution in [0.3, 0.4) is 0 Å². The van der Waals surface area contributed by atoms with E-state index >= 15 is 0 Å². The first-order valence-electron chi connectivity index (χ1n) is 5.38. The van der Waals surface area contributed by atoms with Gasteiger partial charge in [-0.2, -0.15) is 0 Å². The molecule has 0 N–H and O–H groups in total. The van der Waals surface area contributed by atoms with Crippen LogP contribution < -0.4 is 0 Å². The van der Waals surface area contributed by atoms with Crippen molar-refractivity contribution in [2.45, 2.75) is 32.8 Å². The summed E-state index contributed by atoms with van der Waals surface area (Å²) in [4.78, 5) is 15.6. The van der Waals surface area contributed by atoms with Gasteiger partial charge >= 0.3 is 5.97 Å². The summed E-state index contributed by atoms with van der Waals surface area (Å²) in [5, 5.41) is 2.56. The third-order valence-corrected chi connectivity index (χ3v) is 3.05. The fourth-order valence-corrected chi connectivity index (χ4v) is 2.24. The van der Waals surface area contributed by atoms with Crippen LogP contribution in [0.1, 0.15) is 48.3 Å². The molecule has 0 radical (unpaired) electrons. The maximum atomic E-state index is 11.4. The van der Waals surface area contributed by atoms with Crippen molar-refractivity contribution in [3.63, 3.8) is 0 Å². The van der Waals surface area contributed by atoms with Crippen molar-refractivity contribution in [3.05, 3.63) is 16.1 Å². The van der Waals surface area contributed by atoms with Crippen LogP contribution in [-0.2, 0) is 9.47 Å². The van der Waals surface area contributed by atoms with Crippen LogP contribution in [0.5, 0.6) is 0 Å². The molecule has 0 aliphatic heterocycles.